The average molecular weight is 525 g/mol. The molecule has 6 rings (SSSR count). The molecule has 0 aliphatic heterocycles. The van der Waals surface area contributed by atoms with E-state index in [1.54, 1.807) is 12.1 Å². The number of hydrogen-bond donors (Lipinski definition) is 1. The molecular weight excluding hydrogens is 499 g/mol. The lowest BCUT2D eigenvalue weighted by molar-refractivity contribution is 0.338. The fourth-order valence-electron chi connectivity index (χ4n) is 4.84. The lowest BCUT2D eigenvalue weighted by Gasteiger charge is -2.30. The fourth-order valence-corrected chi connectivity index (χ4v) is 5.69. The van der Waals surface area contributed by atoms with E-state index < -0.39 is 0 Å². The summed E-state index contributed by atoms with van der Waals surface area (Å²) in [4.78, 5) is 21.3. The molecular formula is C28H25FN8S. The van der Waals surface area contributed by atoms with Crippen molar-refractivity contribution in [3.63, 3.8) is 0 Å². The normalized spacial score (nSPS) is 16.8. The zero-order valence-corrected chi connectivity index (χ0v) is 21.8. The summed E-state index contributed by atoms with van der Waals surface area (Å²) in [5.74, 6) is 1.73. The second-order valence-corrected chi connectivity index (χ2v) is 10.5. The quantitative estimate of drug-likeness (QED) is 0.314. The molecule has 1 saturated carbocycles. The number of thiazole rings is 1. The molecule has 0 unspecified atom stereocenters. The molecule has 0 bridgehead atoms. The lowest BCUT2D eigenvalue weighted by Crippen LogP contribution is -2.35. The molecule has 38 heavy (non-hydrogen) atoms. The molecule has 1 aliphatic rings. The first-order valence-electron chi connectivity index (χ1n) is 12.4. The molecule has 0 amide bonds. The van der Waals surface area contributed by atoms with Crippen LogP contribution in [0.2, 0.25) is 0 Å². The van der Waals surface area contributed by atoms with Crippen LogP contribution in [0, 0.1) is 17.1 Å². The van der Waals surface area contributed by atoms with Gasteiger partial charge in [0.15, 0.2) is 5.13 Å². The van der Waals surface area contributed by atoms with E-state index in [0.717, 1.165) is 53.4 Å². The van der Waals surface area contributed by atoms with Crippen LogP contribution < -0.4 is 10.6 Å². The molecule has 4 heterocycles. The number of aromatic nitrogens is 5. The van der Waals surface area contributed by atoms with Crippen molar-refractivity contribution in [3.8, 4) is 28.5 Å². The second-order valence-electron chi connectivity index (χ2n) is 9.49. The maximum atomic E-state index is 13.5. The highest BCUT2D eigenvalue weighted by molar-refractivity contribution is 7.16. The van der Waals surface area contributed by atoms with Crippen molar-refractivity contribution < 1.29 is 4.39 Å². The maximum absolute atomic E-state index is 13.5. The molecule has 1 aliphatic carbocycles. The predicted molar refractivity (Wildman–Crippen MR) is 146 cm³/mol. The monoisotopic (exact) mass is 524 g/mol. The number of pyridine rings is 1. The zero-order valence-electron chi connectivity index (χ0n) is 21.0. The van der Waals surface area contributed by atoms with E-state index in [4.69, 9.17) is 15.7 Å². The van der Waals surface area contributed by atoms with Crippen molar-refractivity contribution in [1.82, 2.24) is 24.3 Å². The molecule has 1 fully saturated rings. The van der Waals surface area contributed by atoms with Gasteiger partial charge in [-0.1, -0.05) is 18.3 Å². The minimum atomic E-state index is -0.332. The van der Waals surface area contributed by atoms with Gasteiger partial charge in [-0.15, -0.1) is 0 Å². The number of nitriles is 1. The Hall–Kier alpha value is -4.20. The van der Waals surface area contributed by atoms with Gasteiger partial charge in [0.05, 0.1) is 5.69 Å². The van der Waals surface area contributed by atoms with E-state index in [1.807, 2.05) is 47.1 Å². The number of nitrogens with two attached hydrogens (primary N) is 1. The Bertz CT molecular complexity index is 1660. The summed E-state index contributed by atoms with van der Waals surface area (Å²) in [7, 11) is 1.92. The first kappa shape index (κ1) is 24.2. The van der Waals surface area contributed by atoms with E-state index in [-0.39, 0.29) is 11.9 Å². The van der Waals surface area contributed by atoms with Crippen LogP contribution >= 0.6 is 11.3 Å². The number of rotatable bonds is 6. The van der Waals surface area contributed by atoms with E-state index in [9.17, 15) is 9.65 Å². The summed E-state index contributed by atoms with van der Waals surface area (Å²) in [5, 5.41) is 10.4. The Morgan fingerprint density at radius 2 is 1.79 bits per heavy atom. The first-order valence-corrected chi connectivity index (χ1v) is 13.3. The van der Waals surface area contributed by atoms with Gasteiger partial charge in [-0.3, -0.25) is 4.40 Å². The topological polar surface area (TPSA) is 109 Å². The average Bonchev–Trinajstić information content (AvgIpc) is 3.53. The van der Waals surface area contributed by atoms with Crippen LogP contribution in [0.5, 0.6) is 0 Å². The Morgan fingerprint density at radius 1 is 1.08 bits per heavy atom. The minimum Gasteiger partial charge on any atom is -0.328 e. The van der Waals surface area contributed by atoms with Crippen LogP contribution in [0.1, 0.15) is 42.1 Å². The first-order chi connectivity index (χ1) is 18.4. The van der Waals surface area contributed by atoms with Gasteiger partial charge in [0.1, 0.15) is 39.7 Å². The number of fused-ring (bicyclic) bond motifs is 1. The summed E-state index contributed by atoms with van der Waals surface area (Å²) >= 11 is 1.30. The Kier molecular flexibility index (Phi) is 6.10. The molecule has 4 aromatic heterocycles. The third-order valence-electron chi connectivity index (χ3n) is 6.98. The summed E-state index contributed by atoms with van der Waals surface area (Å²) in [6, 6.07) is 12.5. The maximum Gasteiger partial charge on any atom is 0.192 e. The van der Waals surface area contributed by atoms with Crippen LogP contribution in [0.25, 0.3) is 28.0 Å². The van der Waals surface area contributed by atoms with Gasteiger partial charge in [0.25, 0.3) is 0 Å². The molecule has 0 spiro atoms. The Balaban J connectivity index is 1.38. The minimum absolute atomic E-state index is 0.254. The van der Waals surface area contributed by atoms with Gasteiger partial charge in [-0.05, 0) is 55.7 Å². The largest absolute Gasteiger partial charge is 0.328 e. The number of benzene rings is 1. The Morgan fingerprint density at radius 3 is 2.45 bits per heavy atom. The van der Waals surface area contributed by atoms with E-state index in [0.29, 0.717) is 27.2 Å². The van der Waals surface area contributed by atoms with E-state index in [2.05, 4.69) is 23.0 Å². The highest BCUT2D eigenvalue weighted by atomic mass is 32.1. The molecule has 10 heteroatoms. The molecule has 2 N–H and O–H groups in total. The number of halogens is 1. The van der Waals surface area contributed by atoms with E-state index in [1.165, 1.54) is 23.5 Å². The number of aryl methyl sites for hydroxylation is 1. The molecule has 0 radical (unpaired) electrons. The molecule has 0 saturated heterocycles. The molecule has 5 aromatic rings. The predicted octanol–water partition coefficient (Wildman–Crippen LogP) is 5.46. The zero-order chi connectivity index (χ0) is 26.4. The summed E-state index contributed by atoms with van der Waals surface area (Å²) < 4.78 is 15.5. The van der Waals surface area contributed by atoms with Crippen LogP contribution in [-0.4, -0.2) is 37.4 Å². The molecule has 1 aromatic carbocycles. The van der Waals surface area contributed by atoms with Crippen molar-refractivity contribution >= 4 is 27.9 Å². The highest BCUT2D eigenvalue weighted by Gasteiger charge is 2.29. The van der Waals surface area contributed by atoms with E-state index >= 15 is 0 Å². The van der Waals surface area contributed by atoms with Gasteiger partial charge in [-0.25, -0.2) is 24.3 Å². The van der Waals surface area contributed by atoms with Crippen LogP contribution in [0.15, 0.2) is 55.0 Å². The fraction of sp³-hybridized carbons (Fsp3) is 0.250. The van der Waals surface area contributed by atoms with Gasteiger partial charge in [0, 0.05) is 54.3 Å². The lowest BCUT2D eigenvalue weighted by atomic mass is 9.80. The van der Waals surface area contributed by atoms with Crippen LogP contribution in [0.4, 0.5) is 15.3 Å². The van der Waals surface area contributed by atoms with Gasteiger partial charge in [0.2, 0.25) is 0 Å². The van der Waals surface area contributed by atoms with Crippen LogP contribution in [0.3, 0.4) is 0 Å². The van der Waals surface area contributed by atoms with Crippen molar-refractivity contribution in [2.75, 3.05) is 11.9 Å². The Labute approximate surface area is 223 Å². The molecule has 190 valence electrons. The third-order valence-corrected chi connectivity index (χ3v) is 8.02. The number of anilines is 2. The summed E-state index contributed by atoms with van der Waals surface area (Å²) in [6.45, 7) is 2.06. The van der Waals surface area contributed by atoms with Gasteiger partial charge < -0.3 is 10.6 Å². The SMILES string of the molecule is CCc1nc2ccc(-c3cnc(C4CC(N)C4)nc3)cn2c1N(C)c1nc(-c2ccc(F)cc2)c(C#N)s1. The van der Waals surface area contributed by atoms with Crippen molar-refractivity contribution in [3.05, 3.63) is 77.2 Å². The van der Waals surface area contributed by atoms with Gasteiger partial charge in [-0.2, -0.15) is 5.26 Å². The third kappa shape index (κ3) is 4.20. The summed E-state index contributed by atoms with van der Waals surface area (Å²) in [5.41, 5.74) is 10.8. The molecule has 0 atom stereocenters. The van der Waals surface area contributed by atoms with Crippen molar-refractivity contribution in [1.29, 1.82) is 5.26 Å². The number of imidazole rings is 1. The van der Waals surface area contributed by atoms with Crippen molar-refractivity contribution in [2.24, 2.45) is 5.73 Å². The highest BCUT2D eigenvalue weighted by Crippen LogP contribution is 2.38. The van der Waals surface area contributed by atoms with Crippen LogP contribution in [-0.2, 0) is 6.42 Å². The van der Waals surface area contributed by atoms with Crippen molar-refractivity contribution in [2.45, 2.75) is 38.1 Å². The van der Waals surface area contributed by atoms with Gasteiger partial charge >= 0.3 is 0 Å². The number of nitrogens with zero attached hydrogens (tertiary/aromatic N) is 7. The number of hydrogen-bond acceptors (Lipinski definition) is 8. The molecule has 8 nitrogen and oxygen atoms in total. The summed E-state index contributed by atoms with van der Waals surface area (Å²) in [6.07, 6.45) is 8.35. The second kappa shape index (κ2) is 9.59. The smallest absolute Gasteiger partial charge is 0.192 e. The standard InChI is InChI=1S/C28H25FN8S/c1-3-22-27(36(2)28-35-25(23(12-30)38-28)16-4-7-20(29)8-5-16)37-15-17(6-9-24(37)34-22)19-13-32-26(33-14-19)18-10-21(31)11-18/h4-9,13-15,18,21H,3,10-11,31H2,1-2H3.